The van der Waals surface area contributed by atoms with E-state index >= 15 is 0 Å². The van der Waals surface area contributed by atoms with E-state index in [0.29, 0.717) is 31.6 Å². The van der Waals surface area contributed by atoms with E-state index in [1.54, 1.807) is 32.7 Å². The van der Waals surface area contributed by atoms with Gasteiger partial charge in [0.25, 0.3) is 0 Å². The Morgan fingerprint density at radius 2 is 1.71 bits per heavy atom. The number of carbonyl (C=O) groups excluding carboxylic acids is 2. The molecule has 2 N–H and O–H groups in total. The van der Waals surface area contributed by atoms with Gasteiger partial charge in [-0.2, -0.15) is 0 Å². The highest BCUT2D eigenvalue weighted by Crippen LogP contribution is 2.16. The molecule has 0 spiro atoms. The molecule has 0 aliphatic rings. The van der Waals surface area contributed by atoms with E-state index in [1.165, 1.54) is 0 Å². The number of alkyl carbamates (subject to hydrolysis) is 1. The maximum Gasteiger partial charge on any atom is 0.407 e. The van der Waals surface area contributed by atoms with Crippen molar-refractivity contribution in [1.82, 2.24) is 10.2 Å². The molecule has 0 aliphatic heterocycles. The van der Waals surface area contributed by atoms with Gasteiger partial charge in [-0.15, -0.1) is 0 Å². The molecule has 0 heterocycles. The van der Waals surface area contributed by atoms with Crippen molar-refractivity contribution in [2.45, 2.75) is 97.4 Å². The Morgan fingerprint density at radius 3 is 2.26 bits per heavy atom. The van der Waals surface area contributed by atoms with Gasteiger partial charge in [-0.3, -0.25) is 4.79 Å². The average molecular weight is 435 g/mol. The minimum absolute atomic E-state index is 0.0796. The summed E-state index contributed by atoms with van der Waals surface area (Å²) in [7, 11) is 1.79. The molecule has 2 amide bonds. The maximum atomic E-state index is 12.5. The summed E-state index contributed by atoms with van der Waals surface area (Å²) in [5.41, 5.74) is 0.505. The summed E-state index contributed by atoms with van der Waals surface area (Å²) < 4.78 is 5.39. The molecule has 0 bridgehead atoms. The molecule has 0 aromatic heterocycles. The van der Waals surface area contributed by atoms with Crippen LogP contribution in [0.1, 0.15) is 72.8 Å². The molecule has 3 atom stereocenters. The van der Waals surface area contributed by atoms with Crippen molar-refractivity contribution in [2.75, 3.05) is 7.05 Å². The van der Waals surface area contributed by atoms with Crippen molar-refractivity contribution in [1.29, 1.82) is 0 Å². The number of aliphatic hydroxyl groups is 1. The number of aryl methyl sites for hydroxylation is 1. The molecule has 0 saturated heterocycles. The fraction of sp³-hybridized carbons (Fsp3) is 0.680. The molecule has 6 nitrogen and oxygen atoms in total. The monoisotopic (exact) mass is 434 g/mol. The Labute approximate surface area is 188 Å². The zero-order chi connectivity index (χ0) is 23.6. The van der Waals surface area contributed by atoms with Crippen LogP contribution in [0.25, 0.3) is 0 Å². The van der Waals surface area contributed by atoms with Crippen LogP contribution in [0.15, 0.2) is 30.3 Å². The molecule has 1 aromatic carbocycles. The lowest BCUT2D eigenvalue weighted by Crippen LogP contribution is -2.49. The lowest BCUT2D eigenvalue weighted by atomic mass is 9.96. The zero-order valence-electron chi connectivity index (χ0n) is 20.4. The number of aliphatic hydroxyl groups excluding tert-OH is 1. The van der Waals surface area contributed by atoms with Crippen LogP contribution in [0.5, 0.6) is 0 Å². The minimum atomic E-state index is -0.755. The van der Waals surface area contributed by atoms with Crippen LogP contribution < -0.4 is 5.32 Å². The molecule has 6 heteroatoms. The third-order valence-corrected chi connectivity index (χ3v) is 5.32. The third kappa shape index (κ3) is 11.2. The molecule has 0 fully saturated rings. The number of hydrogen-bond donors (Lipinski definition) is 2. The second kappa shape index (κ2) is 12.7. The van der Waals surface area contributed by atoms with Gasteiger partial charge in [-0.1, -0.05) is 44.2 Å². The Balaban J connectivity index is 2.80. The first-order chi connectivity index (χ1) is 14.4. The van der Waals surface area contributed by atoms with Crippen LogP contribution in [-0.2, 0) is 16.0 Å². The number of ether oxygens (including phenoxy) is 1. The predicted molar refractivity (Wildman–Crippen MR) is 125 cm³/mol. The van der Waals surface area contributed by atoms with Gasteiger partial charge < -0.3 is 20.1 Å². The van der Waals surface area contributed by atoms with Crippen molar-refractivity contribution < 1.29 is 19.4 Å². The summed E-state index contributed by atoms with van der Waals surface area (Å²) in [6.07, 6.45) is 1.67. The minimum Gasteiger partial charge on any atom is -0.444 e. The number of benzene rings is 1. The Hall–Kier alpha value is -2.08. The number of carbonyl (C=O) groups is 2. The van der Waals surface area contributed by atoms with E-state index in [-0.39, 0.29) is 11.9 Å². The lowest BCUT2D eigenvalue weighted by molar-refractivity contribution is -0.132. The van der Waals surface area contributed by atoms with Crippen molar-refractivity contribution in [3.05, 3.63) is 35.9 Å². The molecule has 176 valence electrons. The van der Waals surface area contributed by atoms with Gasteiger partial charge in [0.05, 0.1) is 12.1 Å². The van der Waals surface area contributed by atoms with E-state index in [4.69, 9.17) is 4.74 Å². The quantitative estimate of drug-likeness (QED) is 0.536. The van der Waals surface area contributed by atoms with Gasteiger partial charge in [-0.25, -0.2) is 4.79 Å². The zero-order valence-corrected chi connectivity index (χ0v) is 20.4. The first-order valence-electron chi connectivity index (χ1n) is 11.4. The molecule has 0 saturated carbocycles. The van der Waals surface area contributed by atoms with Crippen molar-refractivity contribution in [3.8, 4) is 0 Å². The Kier molecular flexibility index (Phi) is 11.0. The largest absolute Gasteiger partial charge is 0.444 e. The van der Waals surface area contributed by atoms with Crippen molar-refractivity contribution in [2.24, 2.45) is 5.92 Å². The van der Waals surface area contributed by atoms with Gasteiger partial charge in [0, 0.05) is 19.5 Å². The van der Waals surface area contributed by atoms with Crippen LogP contribution in [0.3, 0.4) is 0 Å². The summed E-state index contributed by atoms with van der Waals surface area (Å²) in [5, 5.41) is 13.7. The van der Waals surface area contributed by atoms with Gasteiger partial charge in [0.2, 0.25) is 5.91 Å². The van der Waals surface area contributed by atoms with E-state index < -0.39 is 23.8 Å². The Bertz CT molecular complexity index is 670. The first-order valence-corrected chi connectivity index (χ1v) is 11.4. The smallest absolute Gasteiger partial charge is 0.407 e. The topological polar surface area (TPSA) is 78.9 Å². The molecule has 31 heavy (non-hydrogen) atoms. The molecule has 0 radical (unpaired) electrons. The third-order valence-electron chi connectivity index (χ3n) is 5.32. The SMILES string of the molecule is CC(C)CCC(=O)N(C)C(C)CC(NC(=O)OC(C)(C)C)C(O)CCc1ccccc1. The standard InChI is InChI=1S/C25H42N2O4/c1-18(2)13-16-23(29)27(7)19(3)17-21(26-24(30)31-25(4,5)6)22(28)15-14-20-11-9-8-10-12-20/h8-12,18-19,21-22,28H,13-17H2,1-7H3,(H,26,30). The summed E-state index contributed by atoms with van der Waals surface area (Å²) in [5.74, 6) is 0.546. The van der Waals surface area contributed by atoms with Crippen LogP contribution >= 0.6 is 0 Å². The lowest BCUT2D eigenvalue weighted by Gasteiger charge is -2.32. The number of rotatable bonds is 11. The van der Waals surface area contributed by atoms with E-state index in [9.17, 15) is 14.7 Å². The maximum absolute atomic E-state index is 12.5. The molecule has 1 rings (SSSR count). The van der Waals surface area contributed by atoms with Gasteiger partial charge in [0.1, 0.15) is 5.60 Å². The van der Waals surface area contributed by atoms with Crippen LogP contribution in [0, 0.1) is 5.92 Å². The van der Waals surface area contributed by atoms with E-state index in [2.05, 4.69) is 19.2 Å². The van der Waals surface area contributed by atoms with Gasteiger partial charge >= 0.3 is 6.09 Å². The van der Waals surface area contributed by atoms with Crippen molar-refractivity contribution in [3.63, 3.8) is 0 Å². The van der Waals surface area contributed by atoms with E-state index in [0.717, 1.165) is 12.0 Å². The molecular weight excluding hydrogens is 392 g/mol. The summed E-state index contributed by atoms with van der Waals surface area (Å²) >= 11 is 0. The molecule has 0 aliphatic carbocycles. The van der Waals surface area contributed by atoms with Gasteiger partial charge in [-0.05, 0) is 64.9 Å². The number of nitrogens with one attached hydrogen (secondary N) is 1. The van der Waals surface area contributed by atoms with E-state index in [1.807, 2.05) is 37.3 Å². The predicted octanol–water partition coefficient (Wildman–Crippen LogP) is 4.55. The number of nitrogens with zero attached hydrogens (tertiary/aromatic N) is 1. The van der Waals surface area contributed by atoms with Crippen molar-refractivity contribution >= 4 is 12.0 Å². The second-order valence-electron chi connectivity index (χ2n) is 9.87. The highest BCUT2D eigenvalue weighted by Gasteiger charge is 2.28. The Morgan fingerprint density at radius 1 is 1.10 bits per heavy atom. The van der Waals surface area contributed by atoms with Gasteiger partial charge in [0.15, 0.2) is 0 Å². The fourth-order valence-electron chi connectivity index (χ4n) is 3.29. The normalized spacial score (nSPS) is 14.6. The molecule has 1 aromatic rings. The molecular formula is C25H42N2O4. The van der Waals surface area contributed by atoms with Crippen LogP contribution in [0.2, 0.25) is 0 Å². The second-order valence-corrected chi connectivity index (χ2v) is 9.87. The average Bonchev–Trinajstić information content (AvgIpc) is 2.68. The first kappa shape index (κ1) is 27.0. The fourth-order valence-corrected chi connectivity index (χ4v) is 3.29. The number of hydrogen-bond acceptors (Lipinski definition) is 4. The highest BCUT2D eigenvalue weighted by atomic mass is 16.6. The summed E-state index contributed by atoms with van der Waals surface area (Å²) in [6.45, 7) is 11.5. The highest BCUT2D eigenvalue weighted by molar-refractivity contribution is 5.76. The summed E-state index contributed by atoms with van der Waals surface area (Å²) in [6, 6.07) is 9.29. The molecule has 3 unspecified atom stereocenters. The number of amides is 2. The summed E-state index contributed by atoms with van der Waals surface area (Å²) in [4.78, 5) is 26.6. The van der Waals surface area contributed by atoms with Crippen LogP contribution in [0.4, 0.5) is 4.79 Å². The van der Waals surface area contributed by atoms with Crippen LogP contribution in [-0.4, -0.2) is 52.8 Å².